The lowest BCUT2D eigenvalue weighted by molar-refractivity contribution is 0.0942. The Morgan fingerprint density at radius 2 is 1.90 bits per heavy atom. The lowest BCUT2D eigenvalue weighted by Gasteiger charge is -2.35. The van der Waals surface area contributed by atoms with Gasteiger partial charge < -0.3 is 29.3 Å². The predicted octanol–water partition coefficient (Wildman–Crippen LogP) is 0.928. The molecule has 1 aromatic heterocycles. The second kappa shape index (κ2) is 9.73. The van der Waals surface area contributed by atoms with Crippen LogP contribution in [0, 0.1) is 0 Å². The fraction of sp³-hybridized carbons (Fsp3) is 0.400. The maximum Gasteiger partial charge on any atom is 0.490 e. The topological polar surface area (TPSA) is 95.4 Å². The third-order valence-electron chi connectivity index (χ3n) is 5.06. The maximum atomic E-state index is 12.3. The van der Waals surface area contributed by atoms with Gasteiger partial charge in [-0.05, 0) is 18.6 Å². The summed E-state index contributed by atoms with van der Waals surface area (Å²) < 4.78 is 10.6. The number of aromatic nitrogens is 1. The molecule has 9 heteroatoms. The van der Waals surface area contributed by atoms with E-state index in [0.717, 1.165) is 11.3 Å². The van der Waals surface area contributed by atoms with E-state index in [-0.39, 0.29) is 18.8 Å². The monoisotopic (exact) mass is 399 g/mol. The fourth-order valence-electron chi connectivity index (χ4n) is 3.27. The van der Waals surface area contributed by atoms with Gasteiger partial charge in [0.1, 0.15) is 6.61 Å². The standard InChI is InChI=1S/C20H26BN3O5/c1-15(28-2)19-18(21(26)27)12-17(13-22-19)23-8-10-24(11-9-23)20(25)29-14-16-6-4-3-5-7-16/h3-7,12-13,15,26-27H,8-11,14H2,1-2H3/t15-/m0/s1. The van der Waals surface area contributed by atoms with Gasteiger partial charge in [-0.1, -0.05) is 30.3 Å². The number of carbonyl (C=O) groups excluding carboxylic acids is 1. The SMILES string of the molecule is CO[C@@H](C)c1ncc(N2CCN(C(=O)OCc3ccccc3)CC2)cc1B(O)O. The lowest BCUT2D eigenvalue weighted by Crippen LogP contribution is -2.49. The molecule has 2 heterocycles. The van der Waals surface area contributed by atoms with Gasteiger partial charge in [-0.15, -0.1) is 0 Å². The molecule has 29 heavy (non-hydrogen) atoms. The number of rotatable bonds is 6. The highest BCUT2D eigenvalue weighted by atomic mass is 16.6. The highest BCUT2D eigenvalue weighted by Gasteiger charge is 2.26. The highest BCUT2D eigenvalue weighted by Crippen LogP contribution is 2.19. The van der Waals surface area contributed by atoms with Crippen LogP contribution in [-0.2, 0) is 16.1 Å². The molecule has 1 atom stereocenters. The van der Waals surface area contributed by atoms with Gasteiger partial charge in [0.15, 0.2) is 0 Å². The van der Waals surface area contributed by atoms with Gasteiger partial charge in [0.2, 0.25) is 0 Å². The molecule has 0 radical (unpaired) electrons. The lowest BCUT2D eigenvalue weighted by atomic mass is 9.77. The Labute approximate surface area is 170 Å². The molecule has 0 spiro atoms. The molecule has 8 nitrogen and oxygen atoms in total. The number of hydrogen-bond donors (Lipinski definition) is 2. The zero-order valence-electron chi connectivity index (χ0n) is 16.7. The van der Waals surface area contributed by atoms with Gasteiger partial charge in [-0.3, -0.25) is 4.98 Å². The van der Waals surface area contributed by atoms with Crippen LogP contribution in [0.5, 0.6) is 0 Å². The van der Waals surface area contributed by atoms with E-state index >= 15 is 0 Å². The van der Waals surface area contributed by atoms with Crippen molar-refractivity contribution in [3.8, 4) is 0 Å². The third kappa shape index (κ3) is 5.26. The van der Waals surface area contributed by atoms with Crippen LogP contribution in [0.15, 0.2) is 42.6 Å². The van der Waals surface area contributed by atoms with Crippen LogP contribution in [0.3, 0.4) is 0 Å². The van der Waals surface area contributed by atoms with E-state index < -0.39 is 7.12 Å². The number of ether oxygens (including phenoxy) is 2. The number of hydrogen-bond acceptors (Lipinski definition) is 7. The van der Waals surface area contributed by atoms with Crippen molar-refractivity contribution < 1.29 is 24.3 Å². The fourth-order valence-corrected chi connectivity index (χ4v) is 3.27. The van der Waals surface area contributed by atoms with Crippen molar-refractivity contribution in [3.63, 3.8) is 0 Å². The average molecular weight is 399 g/mol. The van der Waals surface area contributed by atoms with Crippen molar-refractivity contribution in [2.45, 2.75) is 19.6 Å². The second-order valence-corrected chi connectivity index (χ2v) is 6.93. The molecule has 0 aliphatic carbocycles. The first-order chi connectivity index (χ1) is 14.0. The van der Waals surface area contributed by atoms with Gasteiger partial charge in [-0.2, -0.15) is 0 Å². The molecule has 3 rings (SSSR count). The number of carbonyl (C=O) groups is 1. The number of amides is 1. The van der Waals surface area contributed by atoms with E-state index in [0.29, 0.717) is 37.3 Å². The Kier molecular flexibility index (Phi) is 7.08. The first kappa shape index (κ1) is 21.1. The molecule has 1 aromatic carbocycles. The van der Waals surface area contributed by atoms with Gasteiger partial charge in [0.25, 0.3) is 0 Å². The van der Waals surface area contributed by atoms with Crippen molar-refractivity contribution in [1.82, 2.24) is 9.88 Å². The zero-order valence-corrected chi connectivity index (χ0v) is 16.7. The van der Waals surface area contributed by atoms with Crippen molar-refractivity contribution in [2.75, 3.05) is 38.2 Å². The van der Waals surface area contributed by atoms with Crippen LogP contribution in [-0.4, -0.2) is 66.4 Å². The smallest absolute Gasteiger partial charge is 0.445 e. The van der Waals surface area contributed by atoms with Crippen LogP contribution < -0.4 is 10.4 Å². The molecule has 1 fully saturated rings. The number of methoxy groups -OCH3 is 1. The summed E-state index contributed by atoms with van der Waals surface area (Å²) in [6, 6.07) is 11.3. The van der Waals surface area contributed by atoms with Crippen LogP contribution in [0.4, 0.5) is 10.5 Å². The summed E-state index contributed by atoms with van der Waals surface area (Å²) in [7, 11) is -0.0894. The maximum absolute atomic E-state index is 12.3. The molecule has 0 unspecified atom stereocenters. The largest absolute Gasteiger partial charge is 0.490 e. The van der Waals surface area contributed by atoms with Gasteiger partial charge >= 0.3 is 13.2 Å². The van der Waals surface area contributed by atoms with E-state index in [1.807, 2.05) is 30.3 Å². The number of pyridine rings is 1. The first-order valence-corrected chi connectivity index (χ1v) is 9.59. The molecule has 1 saturated heterocycles. The van der Waals surface area contributed by atoms with Crippen LogP contribution in [0.25, 0.3) is 0 Å². The molecule has 2 aromatic rings. The molecule has 1 aliphatic rings. The number of anilines is 1. The minimum Gasteiger partial charge on any atom is -0.445 e. The van der Waals surface area contributed by atoms with Crippen LogP contribution >= 0.6 is 0 Å². The van der Waals surface area contributed by atoms with Crippen molar-refractivity contribution in [2.24, 2.45) is 0 Å². The van der Waals surface area contributed by atoms with Crippen molar-refractivity contribution in [3.05, 3.63) is 53.9 Å². The minimum atomic E-state index is -1.63. The Morgan fingerprint density at radius 1 is 1.21 bits per heavy atom. The summed E-state index contributed by atoms with van der Waals surface area (Å²) >= 11 is 0. The van der Waals surface area contributed by atoms with Crippen LogP contribution in [0.1, 0.15) is 24.3 Å². The van der Waals surface area contributed by atoms with Gasteiger partial charge in [0.05, 0.1) is 23.7 Å². The number of benzene rings is 1. The molecule has 0 saturated carbocycles. The zero-order chi connectivity index (χ0) is 20.8. The van der Waals surface area contributed by atoms with Crippen LogP contribution in [0.2, 0.25) is 0 Å². The minimum absolute atomic E-state index is 0.251. The summed E-state index contributed by atoms with van der Waals surface area (Å²) in [6.07, 6.45) is 1.01. The summed E-state index contributed by atoms with van der Waals surface area (Å²) in [5, 5.41) is 19.4. The van der Waals surface area contributed by atoms with Crippen molar-refractivity contribution in [1.29, 1.82) is 0 Å². The molecular formula is C20H26BN3O5. The molecule has 0 bridgehead atoms. The predicted molar refractivity (Wildman–Crippen MR) is 110 cm³/mol. The third-order valence-corrected chi connectivity index (χ3v) is 5.06. The number of nitrogens with zero attached hydrogens (tertiary/aromatic N) is 3. The Morgan fingerprint density at radius 3 is 2.52 bits per heavy atom. The van der Waals surface area contributed by atoms with E-state index in [9.17, 15) is 14.8 Å². The summed E-state index contributed by atoms with van der Waals surface area (Å²) in [5.74, 6) is 0. The quantitative estimate of drug-likeness (QED) is 0.698. The Balaban J connectivity index is 1.58. The van der Waals surface area contributed by atoms with Gasteiger partial charge in [0, 0.05) is 38.8 Å². The normalized spacial score (nSPS) is 15.2. The Hall–Kier alpha value is -2.62. The summed E-state index contributed by atoms with van der Waals surface area (Å²) in [6.45, 7) is 4.28. The second-order valence-electron chi connectivity index (χ2n) is 6.93. The average Bonchev–Trinajstić information content (AvgIpc) is 2.77. The number of piperazine rings is 1. The molecule has 154 valence electrons. The first-order valence-electron chi connectivity index (χ1n) is 9.59. The van der Waals surface area contributed by atoms with Crippen molar-refractivity contribution >= 4 is 24.4 Å². The van der Waals surface area contributed by atoms with Gasteiger partial charge in [-0.25, -0.2) is 4.79 Å². The summed E-state index contributed by atoms with van der Waals surface area (Å²) in [4.78, 5) is 20.4. The molecule has 2 N–H and O–H groups in total. The molecular weight excluding hydrogens is 373 g/mol. The summed E-state index contributed by atoms with van der Waals surface area (Å²) in [5.41, 5.74) is 2.54. The van der Waals surface area contributed by atoms with E-state index in [1.165, 1.54) is 0 Å². The Bertz CT molecular complexity index is 813. The van der Waals surface area contributed by atoms with E-state index in [4.69, 9.17) is 9.47 Å². The molecule has 1 aliphatic heterocycles. The van der Waals surface area contributed by atoms with E-state index in [2.05, 4.69) is 9.88 Å². The highest BCUT2D eigenvalue weighted by molar-refractivity contribution is 6.59. The van der Waals surface area contributed by atoms with E-state index in [1.54, 1.807) is 31.2 Å². The molecule has 1 amide bonds.